The van der Waals surface area contributed by atoms with Crippen LogP contribution >= 0.6 is 15.9 Å². The number of morpholine rings is 1. The average molecular weight is 330 g/mol. The topological polar surface area (TPSA) is 47.4 Å². The lowest BCUT2D eigenvalue weighted by atomic mass is 9.93. The number of hydrogen-bond acceptors (Lipinski definition) is 4. The second-order valence-corrected chi connectivity index (χ2v) is 6.00. The number of hydrogen-bond donors (Lipinski definition) is 0. The molecule has 5 nitrogen and oxygen atoms in total. The Balaban J connectivity index is 2.28. The van der Waals surface area contributed by atoms with Gasteiger partial charge in [-0.25, -0.2) is 0 Å². The molecule has 2 rings (SSSR count). The van der Waals surface area contributed by atoms with Crippen molar-refractivity contribution < 1.29 is 9.53 Å². The third-order valence-corrected chi connectivity index (χ3v) is 4.25. The van der Waals surface area contributed by atoms with Gasteiger partial charge in [0.15, 0.2) is 0 Å². The molecule has 0 aliphatic carbocycles. The minimum absolute atomic E-state index is 0.0978. The summed E-state index contributed by atoms with van der Waals surface area (Å²) in [5.41, 5.74) is 0.109. The molecular weight excluding hydrogens is 310 g/mol. The Kier molecular flexibility index (Phi) is 4.43. The van der Waals surface area contributed by atoms with Crippen molar-refractivity contribution >= 4 is 21.7 Å². The number of carbonyl (C=O) groups is 1. The van der Waals surface area contributed by atoms with Crippen molar-refractivity contribution in [1.82, 2.24) is 14.7 Å². The zero-order valence-electron chi connectivity index (χ0n) is 11.6. The van der Waals surface area contributed by atoms with Crippen molar-refractivity contribution in [3.8, 4) is 0 Å². The first-order chi connectivity index (χ1) is 8.98. The zero-order chi connectivity index (χ0) is 14.0. The predicted molar refractivity (Wildman–Crippen MR) is 76.4 cm³/mol. The maximum atomic E-state index is 12.9. The fraction of sp³-hybridized carbons (Fsp3) is 0.692. The van der Waals surface area contributed by atoms with Gasteiger partial charge in [0, 0.05) is 19.6 Å². The van der Waals surface area contributed by atoms with E-state index in [-0.39, 0.29) is 5.78 Å². The minimum Gasteiger partial charge on any atom is -0.379 e. The van der Waals surface area contributed by atoms with Crippen LogP contribution in [0.25, 0.3) is 0 Å². The Morgan fingerprint density at radius 3 is 2.68 bits per heavy atom. The fourth-order valence-corrected chi connectivity index (χ4v) is 2.86. The third kappa shape index (κ3) is 2.75. The summed E-state index contributed by atoms with van der Waals surface area (Å²) in [5, 5.41) is 4.22. The summed E-state index contributed by atoms with van der Waals surface area (Å²) in [5.74, 6) is 0.0978. The second-order valence-electron chi connectivity index (χ2n) is 5.14. The first-order valence-electron chi connectivity index (χ1n) is 6.57. The van der Waals surface area contributed by atoms with Gasteiger partial charge in [0.2, 0.25) is 5.78 Å². The summed E-state index contributed by atoms with van der Waals surface area (Å²) in [7, 11) is 0. The van der Waals surface area contributed by atoms with E-state index in [0.29, 0.717) is 25.5 Å². The van der Waals surface area contributed by atoms with Gasteiger partial charge in [0.05, 0.1) is 29.4 Å². The second kappa shape index (κ2) is 5.73. The van der Waals surface area contributed by atoms with E-state index in [1.807, 2.05) is 20.8 Å². The van der Waals surface area contributed by atoms with Gasteiger partial charge in [-0.3, -0.25) is 14.4 Å². The first kappa shape index (κ1) is 14.7. The number of ketones is 1. The largest absolute Gasteiger partial charge is 0.379 e. The Hall–Kier alpha value is -0.720. The Morgan fingerprint density at radius 1 is 1.47 bits per heavy atom. The summed E-state index contributed by atoms with van der Waals surface area (Å²) >= 11 is 3.43. The molecule has 0 bridgehead atoms. The normalized spacial score (nSPS) is 17.7. The van der Waals surface area contributed by atoms with Crippen LogP contribution in [0.1, 0.15) is 31.3 Å². The molecule has 0 radical (unpaired) electrons. The highest BCUT2D eigenvalue weighted by molar-refractivity contribution is 9.10. The molecule has 0 amide bonds. The molecule has 1 aliphatic rings. The SMILES string of the molecule is CCn1ncc(Br)c1C(=O)C(C)(C)N1CCOCC1. The summed E-state index contributed by atoms with van der Waals surface area (Å²) in [6.45, 7) is 9.56. The van der Waals surface area contributed by atoms with Gasteiger partial charge in [-0.05, 0) is 36.7 Å². The lowest BCUT2D eigenvalue weighted by Gasteiger charge is -2.39. The van der Waals surface area contributed by atoms with Crippen LogP contribution in [0.4, 0.5) is 0 Å². The highest BCUT2D eigenvalue weighted by atomic mass is 79.9. The molecule has 1 aliphatic heterocycles. The third-order valence-electron chi connectivity index (χ3n) is 3.67. The Bertz CT molecular complexity index is 464. The molecule has 1 aromatic heterocycles. The molecule has 6 heteroatoms. The Morgan fingerprint density at radius 2 is 2.11 bits per heavy atom. The number of aryl methyl sites for hydroxylation is 1. The average Bonchev–Trinajstić information content (AvgIpc) is 2.79. The maximum absolute atomic E-state index is 12.9. The molecule has 0 unspecified atom stereocenters. The van der Waals surface area contributed by atoms with Gasteiger partial charge in [-0.15, -0.1) is 0 Å². The van der Waals surface area contributed by atoms with Crippen molar-refractivity contribution in [2.75, 3.05) is 26.3 Å². The lowest BCUT2D eigenvalue weighted by molar-refractivity contribution is -0.00468. The quantitative estimate of drug-likeness (QED) is 0.792. The van der Waals surface area contributed by atoms with Crippen LogP contribution < -0.4 is 0 Å². The van der Waals surface area contributed by atoms with Crippen molar-refractivity contribution in [3.05, 3.63) is 16.4 Å². The van der Waals surface area contributed by atoms with E-state index in [1.165, 1.54) is 0 Å². The summed E-state index contributed by atoms with van der Waals surface area (Å²) in [4.78, 5) is 15.0. The molecule has 0 spiro atoms. The lowest BCUT2D eigenvalue weighted by Crippen LogP contribution is -2.54. The molecule has 1 saturated heterocycles. The monoisotopic (exact) mass is 329 g/mol. The van der Waals surface area contributed by atoms with E-state index in [0.717, 1.165) is 17.6 Å². The number of nitrogens with zero attached hydrogens (tertiary/aromatic N) is 3. The summed E-state index contributed by atoms with van der Waals surface area (Å²) < 4.78 is 7.86. The van der Waals surface area contributed by atoms with Crippen molar-refractivity contribution in [2.24, 2.45) is 0 Å². The van der Waals surface area contributed by atoms with Crippen LogP contribution in [0, 0.1) is 0 Å². The van der Waals surface area contributed by atoms with Gasteiger partial charge < -0.3 is 4.74 Å². The number of rotatable bonds is 4. The molecular formula is C13H20BrN3O2. The molecule has 106 valence electrons. The first-order valence-corrected chi connectivity index (χ1v) is 7.36. The van der Waals surface area contributed by atoms with E-state index in [4.69, 9.17) is 4.74 Å². The minimum atomic E-state index is -0.542. The van der Waals surface area contributed by atoms with Crippen LogP contribution in [0.5, 0.6) is 0 Å². The summed E-state index contributed by atoms with van der Waals surface area (Å²) in [6, 6.07) is 0. The molecule has 0 aromatic carbocycles. The van der Waals surface area contributed by atoms with Gasteiger partial charge in [0.1, 0.15) is 5.69 Å². The van der Waals surface area contributed by atoms with E-state index in [1.54, 1.807) is 10.9 Å². The van der Waals surface area contributed by atoms with Gasteiger partial charge in [0.25, 0.3) is 0 Å². The maximum Gasteiger partial charge on any atom is 0.201 e. The van der Waals surface area contributed by atoms with E-state index in [2.05, 4.69) is 25.9 Å². The van der Waals surface area contributed by atoms with E-state index >= 15 is 0 Å². The van der Waals surface area contributed by atoms with Crippen LogP contribution in [0.3, 0.4) is 0 Å². The fourth-order valence-electron chi connectivity index (χ4n) is 2.38. The van der Waals surface area contributed by atoms with Crippen molar-refractivity contribution in [2.45, 2.75) is 32.9 Å². The van der Waals surface area contributed by atoms with Crippen molar-refractivity contribution in [3.63, 3.8) is 0 Å². The zero-order valence-corrected chi connectivity index (χ0v) is 13.2. The van der Waals surface area contributed by atoms with Crippen molar-refractivity contribution in [1.29, 1.82) is 0 Å². The number of carbonyl (C=O) groups excluding carboxylic acids is 1. The highest BCUT2D eigenvalue weighted by Crippen LogP contribution is 2.26. The van der Waals surface area contributed by atoms with Crippen LogP contribution in [-0.4, -0.2) is 52.3 Å². The number of ether oxygens (including phenoxy) is 1. The number of aromatic nitrogens is 2. The smallest absolute Gasteiger partial charge is 0.201 e. The van der Waals surface area contributed by atoms with Gasteiger partial charge in [-0.2, -0.15) is 5.10 Å². The molecule has 0 atom stereocenters. The van der Waals surface area contributed by atoms with Gasteiger partial charge >= 0.3 is 0 Å². The highest BCUT2D eigenvalue weighted by Gasteiger charge is 2.38. The molecule has 0 N–H and O–H groups in total. The van der Waals surface area contributed by atoms with Gasteiger partial charge in [-0.1, -0.05) is 0 Å². The van der Waals surface area contributed by atoms with Crippen LogP contribution in [-0.2, 0) is 11.3 Å². The van der Waals surface area contributed by atoms with Crippen LogP contribution in [0.2, 0.25) is 0 Å². The molecule has 1 fully saturated rings. The summed E-state index contributed by atoms with van der Waals surface area (Å²) in [6.07, 6.45) is 1.69. The predicted octanol–water partition coefficient (Wildman–Crippen LogP) is 1.96. The number of halogens is 1. The standard InChI is InChI=1S/C13H20BrN3O2/c1-4-17-11(10(14)9-15-17)12(18)13(2,3)16-5-7-19-8-6-16/h9H,4-8H2,1-3H3. The molecule has 0 saturated carbocycles. The van der Waals surface area contributed by atoms with Crippen LogP contribution in [0.15, 0.2) is 10.7 Å². The molecule has 19 heavy (non-hydrogen) atoms. The molecule has 2 heterocycles. The number of Topliss-reactive ketones (excluding diaryl/α,β-unsaturated/α-hetero) is 1. The van der Waals surface area contributed by atoms with E-state index < -0.39 is 5.54 Å². The Labute approximate surface area is 122 Å². The molecule has 1 aromatic rings. The van der Waals surface area contributed by atoms with E-state index in [9.17, 15) is 4.79 Å².